The zero-order valence-corrected chi connectivity index (χ0v) is 12.7. The number of para-hydroxylation sites is 1. The van der Waals surface area contributed by atoms with Gasteiger partial charge in [-0.3, -0.25) is 0 Å². The molecule has 0 saturated carbocycles. The van der Waals surface area contributed by atoms with E-state index >= 15 is 0 Å². The highest BCUT2D eigenvalue weighted by Crippen LogP contribution is 2.29. The number of rotatable bonds is 5. The second-order valence-corrected chi connectivity index (χ2v) is 5.05. The molecule has 1 aromatic carbocycles. The molecule has 0 amide bonds. The summed E-state index contributed by atoms with van der Waals surface area (Å²) in [6, 6.07) is 10.0. The van der Waals surface area contributed by atoms with Gasteiger partial charge in [-0.05, 0) is 41.2 Å². The van der Waals surface area contributed by atoms with Crippen LogP contribution < -0.4 is 10.2 Å². The molecule has 0 atom stereocenters. The Morgan fingerprint density at radius 3 is 2.79 bits per heavy atom. The summed E-state index contributed by atoms with van der Waals surface area (Å²) in [6.45, 7) is 0.877. The smallest absolute Gasteiger partial charge is 0.136 e. The molecular weight excluding hydrogens is 304 g/mol. The van der Waals surface area contributed by atoms with Crippen molar-refractivity contribution >= 4 is 27.4 Å². The van der Waals surface area contributed by atoms with Crippen LogP contribution >= 0.6 is 15.9 Å². The van der Waals surface area contributed by atoms with Crippen LogP contribution in [0, 0.1) is 0 Å². The summed E-state index contributed by atoms with van der Waals surface area (Å²) in [4.78, 5) is 10.9. The molecule has 0 fully saturated rings. The number of benzene rings is 1. The Morgan fingerprint density at radius 2 is 2.05 bits per heavy atom. The van der Waals surface area contributed by atoms with Crippen molar-refractivity contribution in [2.45, 2.75) is 6.42 Å². The van der Waals surface area contributed by atoms with E-state index in [1.165, 1.54) is 0 Å². The van der Waals surface area contributed by atoms with Crippen molar-refractivity contribution in [3.8, 4) is 0 Å². The van der Waals surface area contributed by atoms with Crippen molar-refractivity contribution in [3.63, 3.8) is 0 Å². The van der Waals surface area contributed by atoms with Crippen molar-refractivity contribution in [2.75, 3.05) is 25.5 Å². The second kappa shape index (κ2) is 6.63. The van der Waals surface area contributed by atoms with Crippen LogP contribution in [0.15, 0.2) is 41.0 Å². The van der Waals surface area contributed by atoms with E-state index in [1.807, 2.05) is 38.4 Å². The predicted octanol–water partition coefficient (Wildman–Crippen LogP) is 2.77. The van der Waals surface area contributed by atoms with Gasteiger partial charge in [0.05, 0.1) is 5.69 Å². The van der Waals surface area contributed by atoms with E-state index in [0.717, 1.165) is 34.8 Å². The molecule has 1 N–H and O–H groups in total. The van der Waals surface area contributed by atoms with E-state index in [-0.39, 0.29) is 0 Å². The van der Waals surface area contributed by atoms with Crippen LogP contribution in [0.4, 0.5) is 11.5 Å². The number of halogens is 1. The summed E-state index contributed by atoms with van der Waals surface area (Å²) in [5, 5.41) is 3.10. The Morgan fingerprint density at radius 1 is 1.26 bits per heavy atom. The molecule has 0 aliphatic carbocycles. The van der Waals surface area contributed by atoms with E-state index in [4.69, 9.17) is 0 Å². The monoisotopic (exact) mass is 320 g/mol. The maximum Gasteiger partial charge on any atom is 0.136 e. The first-order valence-corrected chi connectivity index (χ1v) is 6.96. The van der Waals surface area contributed by atoms with Gasteiger partial charge in [-0.1, -0.05) is 12.1 Å². The SMILES string of the molecule is CNCCc1nccc(N(C)c2ccccc2Br)n1. The van der Waals surface area contributed by atoms with Gasteiger partial charge < -0.3 is 10.2 Å². The van der Waals surface area contributed by atoms with Gasteiger partial charge in [0, 0.05) is 30.7 Å². The third kappa shape index (κ3) is 3.52. The van der Waals surface area contributed by atoms with Crippen LogP contribution in [-0.2, 0) is 6.42 Å². The molecule has 0 spiro atoms. The lowest BCUT2D eigenvalue weighted by atomic mass is 10.3. The van der Waals surface area contributed by atoms with E-state index in [0.29, 0.717) is 0 Å². The summed E-state index contributed by atoms with van der Waals surface area (Å²) < 4.78 is 1.05. The molecule has 19 heavy (non-hydrogen) atoms. The van der Waals surface area contributed by atoms with Gasteiger partial charge in [0.15, 0.2) is 0 Å². The van der Waals surface area contributed by atoms with Crippen molar-refractivity contribution in [2.24, 2.45) is 0 Å². The maximum atomic E-state index is 4.58. The lowest BCUT2D eigenvalue weighted by Gasteiger charge is -2.20. The number of hydrogen-bond acceptors (Lipinski definition) is 4. The van der Waals surface area contributed by atoms with Crippen molar-refractivity contribution in [1.29, 1.82) is 0 Å². The Labute approximate surface area is 122 Å². The van der Waals surface area contributed by atoms with E-state index < -0.39 is 0 Å². The third-order valence-electron chi connectivity index (χ3n) is 2.85. The number of nitrogens with zero attached hydrogens (tertiary/aromatic N) is 3. The minimum Gasteiger partial charge on any atom is -0.328 e. The first kappa shape index (κ1) is 14.0. The van der Waals surface area contributed by atoms with E-state index in [9.17, 15) is 0 Å². The molecule has 2 aromatic rings. The number of hydrogen-bond donors (Lipinski definition) is 1. The number of anilines is 2. The van der Waals surface area contributed by atoms with Gasteiger partial charge in [0.1, 0.15) is 11.6 Å². The first-order valence-electron chi connectivity index (χ1n) is 6.17. The van der Waals surface area contributed by atoms with Gasteiger partial charge in [-0.25, -0.2) is 9.97 Å². The quantitative estimate of drug-likeness (QED) is 0.919. The summed E-state index contributed by atoms with van der Waals surface area (Å²) in [5.74, 6) is 1.75. The van der Waals surface area contributed by atoms with Gasteiger partial charge in [-0.15, -0.1) is 0 Å². The average molecular weight is 321 g/mol. The average Bonchev–Trinajstić information content (AvgIpc) is 2.45. The van der Waals surface area contributed by atoms with Crippen LogP contribution in [0.5, 0.6) is 0 Å². The largest absolute Gasteiger partial charge is 0.328 e. The number of nitrogens with one attached hydrogen (secondary N) is 1. The fourth-order valence-corrected chi connectivity index (χ4v) is 2.33. The highest BCUT2D eigenvalue weighted by atomic mass is 79.9. The molecule has 0 radical (unpaired) electrons. The molecule has 1 aromatic heterocycles. The van der Waals surface area contributed by atoms with E-state index in [1.54, 1.807) is 6.20 Å². The summed E-state index contributed by atoms with van der Waals surface area (Å²) in [7, 11) is 3.93. The Hall–Kier alpha value is -1.46. The van der Waals surface area contributed by atoms with Gasteiger partial charge in [-0.2, -0.15) is 0 Å². The molecule has 2 rings (SSSR count). The zero-order valence-electron chi connectivity index (χ0n) is 11.1. The second-order valence-electron chi connectivity index (χ2n) is 4.20. The Bertz CT molecular complexity index is 544. The number of aromatic nitrogens is 2. The van der Waals surface area contributed by atoms with E-state index in [2.05, 4.69) is 42.2 Å². The fraction of sp³-hybridized carbons (Fsp3) is 0.286. The maximum absolute atomic E-state index is 4.58. The molecule has 0 bridgehead atoms. The van der Waals surface area contributed by atoms with Gasteiger partial charge in [0.25, 0.3) is 0 Å². The van der Waals surface area contributed by atoms with Crippen molar-refractivity contribution < 1.29 is 0 Å². The van der Waals surface area contributed by atoms with Gasteiger partial charge >= 0.3 is 0 Å². The van der Waals surface area contributed by atoms with Crippen LogP contribution in [0.1, 0.15) is 5.82 Å². The topological polar surface area (TPSA) is 41.1 Å². The standard InChI is InChI=1S/C14H17BrN4/c1-16-9-7-13-17-10-8-14(18-13)19(2)12-6-4-3-5-11(12)15/h3-6,8,10,16H,7,9H2,1-2H3. The van der Waals surface area contributed by atoms with Crippen LogP contribution in [0.3, 0.4) is 0 Å². The molecule has 100 valence electrons. The first-order chi connectivity index (χ1) is 9.22. The number of likely N-dealkylation sites (N-methyl/N-ethyl adjacent to an activating group) is 1. The van der Waals surface area contributed by atoms with Gasteiger partial charge in [0.2, 0.25) is 0 Å². The van der Waals surface area contributed by atoms with Crippen LogP contribution in [-0.4, -0.2) is 30.6 Å². The normalized spacial score (nSPS) is 10.5. The minimum absolute atomic E-state index is 0.828. The Kier molecular flexibility index (Phi) is 4.87. The molecule has 0 saturated heterocycles. The highest BCUT2D eigenvalue weighted by molar-refractivity contribution is 9.10. The van der Waals surface area contributed by atoms with Crippen LogP contribution in [0.2, 0.25) is 0 Å². The molecular formula is C14H17BrN4. The molecule has 1 heterocycles. The zero-order chi connectivity index (χ0) is 13.7. The molecule has 0 aliphatic rings. The minimum atomic E-state index is 0.828. The lowest BCUT2D eigenvalue weighted by molar-refractivity contribution is 0.754. The lowest BCUT2D eigenvalue weighted by Crippen LogP contribution is -2.15. The van der Waals surface area contributed by atoms with Crippen molar-refractivity contribution in [3.05, 3.63) is 46.8 Å². The Balaban J connectivity index is 2.24. The summed E-state index contributed by atoms with van der Waals surface area (Å²) in [5.41, 5.74) is 1.08. The van der Waals surface area contributed by atoms with Crippen LogP contribution in [0.25, 0.3) is 0 Å². The fourth-order valence-electron chi connectivity index (χ4n) is 1.78. The third-order valence-corrected chi connectivity index (χ3v) is 3.52. The highest BCUT2D eigenvalue weighted by Gasteiger charge is 2.09. The molecule has 0 aliphatic heterocycles. The molecule has 0 unspecified atom stereocenters. The van der Waals surface area contributed by atoms with Crippen molar-refractivity contribution in [1.82, 2.24) is 15.3 Å². The summed E-state index contributed by atoms with van der Waals surface area (Å²) in [6.07, 6.45) is 2.63. The predicted molar refractivity (Wildman–Crippen MR) is 81.9 cm³/mol. The molecule has 4 nitrogen and oxygen atoms in total. The summed E-state index contributed by atoms with van der Waals surface area (Å²) >= 11 is 3.56. The molecule has 5 heteroatoms.